The molecule has 0 spiro atoms. The molecule has 7 heteroatoms. The second-order valence-electron chi connectivity index (χ2n) is 6.01. The van der Waals surface area contributed by atoms with Crippen molar-refractivity contribution in [2.45, 2.75) is 19.9 Å². The van der Waals surface area contributed by atoms with Crippen LogP contribution in [0.25, 0.3) is 0 Å². The van der Waals surface area contributed by atoms with Crippen molar-refractivity contribution >= 4 is 45.0 Å². The lowest BCUT2D eigenvalue weighted by Gasteiger charge is -2.22. The molecule has 1 atom stereocenters. The van der Waals surface area contributed by atoms with Crippen molar-refractivity contribution in [1.29, 1.82) is 0 Å². The highest BCUT2D eigenvalue weighted by atomic mass is 79.9. The van der Waals surface area contributed by atoms with E-state index in [-0.39, 0.29) is 17.7 Å². The summed E-state index contributed by atoms with van der Waals surface area (Å²) < 4.78 is 5.77. The molecule has 0 bridgehead atoms. The molecule has 0 saturated carbocycles. The Morgan fingerprint density at radius 1 is 1.15 bits per heavy atom. The average molecular weight is 440 g/mol. The Balaban J connectivity index is 2.14. The first-order chi connectivity index (χ1) is 12.3. The van der Waals surface area contributed by atoms with Crippen molar-refractivity contribution in [1.82, 2.24) is 5.32 Å². The van der Waals surface area contributed by atoms with E-state index in [1.54, 1.807) is 36.4 Å². The molecule has 2 aromatic carbocycles. The molecule has 0 heterocycles. The largest absolute Gasteiger partial charge is 0.495 e. The number of amides is 2. The van der Waals surface area contributed by atoms with Gasteiger partial charge in [0.25, 0.3) is 5.91 Å². The zero-order valence-corrected chi connectivity index (χ0v) is 17.0. The van der Waals surface area contributed by atoms with Crippen LogP contribution in [0.1, 0.15) is 24.2 Å². The van der Waals surface area contributed by atoms with E-state index in [1.807, 2.05) is 19.9 Å². The van der Waals surface area contributed by atoms with Crippen LogP contribution in [0.3, 0.4) is 0 Å². The van der Waals surface area contributed by atoms with Gasteiger partial charge in [-0.2, -0.15) is 0 Å². The van der Waals surface area contributed by atoms with Crippen LogP contribution in [0.5, 0.6) is 5.75 Å². The predicted molar refractivity (Wildman–Crippen MR) is 107 cm³/mol. The molecule has 0 saturated heterocycles. The third-order valence-corrected chi connectivity index (χ3v) is 4.76. The van der Waals surface area contributed by atoms with Gasteiger partial charge in [-0.05, 0) is 52.2 Å². The Morgan fingerprint density at radius 3 is 2.42 bits per heavy atom. The molecule has 0 aliphatic rings. The Morgan fingerprint density at radius 2 is 1.85 bits per heavy atom. The lowest BCUT2D eigenvalue weighted by molar-refractivity contribution is -0.118. The molecule has 0 aliphatic carbocycles. The van der Waals surface area contributed by atoms with Crippen molar-refractivity contribution in [3.63, 3.8) is 0 Å². The summed E-state index contributed by atoms with van der Waals surface area (Å²) in [6, 6.07) is 11.3. The standard InChI is InChI=1S/C19H20BrClN2O3/c1-11(2)17(23-18(24)13-6-4-5-7-14(13)20)19(25)22-12-8-9-16(26-3)15(21)10-12/h4-11,17H,1-3H3,(H,22,25)(H,23,24)/t17-/m0/s1. The fraction of sp³-hybridized carbons (Fsp3) is 0.263. The number of hydrogen-bond donors (Lipinski definition) is 2. The number of hydrogen-bond acceptors (Lipinski definition) is 3. The molecule has 0 aliphatic heterocycles. The molecule has 2 amide bonds. The number of halogens is 2. The van der Waals surface area contributed by atoms with Crippen molar-refractivity contribution in [3.8, 4) is 5.75 Å². The first-order valence-corrected chi connectivity index (χ1v) is 9.20. The number of carbonyl (C=O) groups excluding carboxylic acids is 2. The first kappa shape index (κ1) is 20.3. The van der Waals surface area contributed by atoms with Crippen LogP contribution >= 0.6 is 27.5 Å². The summed E-state index contributed by atoms with van der Waals surface area (Å²) in [6.45, 7) is 3.73. The monoisotopic (exact) mass is 438 g/mol. The van der Waals surface area contributed by atoms with E-state index in [2.05, 4.69) is 26.6 Å². The minimum Gasteiger partial charge on any atom is -0.495 e. The molecule has 2 rings (SSSR count). The van der Waals surface area contributed by atoms with Gasteiger partial charge in [0.15, 0.2) is 0 Å². The summed E-state index contributed by atoms with van der Waals surface area (Å²) in [6.07, 6.45) is 0. The van der Waals surface area contributed by atoms with Crippen LogP contribution in [0, 0.1) is 5.92 Å². The van der Waals surface area contributed by atoms with E-state index in [4.69, 9.17) is 16.3 Å². The molecule has 0 aromatic heterocycles. The van der Waals surface area contributed by atoms with Gasteiger partial charge in [0, 0.05) is 10.2 Å². The maximum absolute atomic E-state index is 12.7. The van der Waals surface area contributed by atoms with E-state index in [9.17, 15) is 9.59 Å². The Kier molecular flexibility index (Phi) is 7.06. The molecule has 2 N–H and O–H groups in total. The van der Waals surface area contributed by atoms with Crippen molar-refractivity contribution in [2.75, 3.05) is 12.4 Å². The van der Waals surface area contributed by atoms with E-state index < -0.39 is 6.04 Å². The normalized spacial score (nSPS) is 11.8. The maximum Gasteiger partial charge on any atom is 0.253 e. The second-order valence-corrected chi connectivity index (χ2v) is 7.28. The van der Waals surface area contributed by atoms with Gasteiger partial charge >= 0.3 is 0 Å². The summed E-state index contributed by atoms with van der Waals surface area (Å²) >= 11 is 9.43. The zero-order chi connectivity index (χ0) is 19.3. The second kappa shape index (κ2) is 9.05. The number of benzene rings is 2. The predicted octanol–water partition coefficient (Wildman–Crippen LogP) is 4.50. The van der Waals surface area contributed by atoms with E-state index in [0.717, 1.165) is 0 Å². The van der Waals surface area contributed by atoms with Gasteiger partial charge in [-0.25, -0.2) is 0 Å². The van der Waals surface area contributed by atoms with Crippen LogP contribution in [0.4, 0.5) is 5.69 Å². The zero-order valence-electron chi connectivity index (χ0n) is 14.7. The fourth-order valence-electron chi connectivity index (χ4n) is 2.36. The Bertz CT molecular complexity index is 811. The van der Waals surface area contributed by atoms with Crippen LogP contribution in [0.15, 0.2) is 46.9 Å². The van der Waals surface area contributed by atoms with E-state index >= 15 is 0 Å². The summed E-state index contributed by atoms with van der Waals surface area (Å²) in [7, 11) is 1.52. The van der Waals surface area contributed by atoms with Crippen molar-refractivity contribution < 1.29 is 14.3 Å². The highest BCUT2D eigenvalue weighted by Gasteiger charge is 2.25. The minimum atomic E-state index is -0.699. The van der Waals surface area contributed by atoms with Crippen LogP contribution in [-0.4, -0.2) is 25.0 Å². The summed E-state index contributed by atoms with van der Waals surface area (Å²) in [4.78, 5) is 25.2. The van der Waals surface area contributed by atoms with Gasteiger partial charge in [-0.15, -0.1) is 0 Å². The van der Waals surface area contributed by atoms with Gasteiger partial charge < -0.3 is 15.4 Å². The van der Waals surface area contributed by atoms with Crippen LogP contribution in [-0.2, 0) is 4.79 Å². The molecule has 2 aromatic rings. The average Bonchev–Trinajstić information content (AvgIpc) is 2.59. The summed E-state index contributed by atoms with van der Waals surface area (Å²) in [5.41, 5.74) is 1.00. The number of carbonyl (C=O) groups is 2. The third kappa shape index (κ3) is 4.99. The molecular formula is C19H20BrClN2O3. The molecule has 26 heavy (non-hydrogen) atoms. The van der Waals surface area contributed by atoms with Gasteiger partial charge in [-0.1, -0.05) is 37.6 Å². The molecule has 138 valence electrons. The minimum absolute atomic E-state index is 0.102. The Hall–Kier alpha value is -2.05. The lowest BCUT2D eigenvalue weighted by atomic mass is 10.0. The van der Waals surface area contributed by atoms with Gasteiger partial charge in [-0.3, -0.25) is 9.59 Å². The summed E-state index contributed by atoms with van der Waals surface area (Å²) in [5, 5.41) is 5.97. The fourth-order valence-corrected chi connectivity index (χ4v) is 3.09. The Labute approximate surface area is 166 Å². The topological polar surface area (TPSA) is 67.4 Å². The lowest BCUT2D eigenvalue weighted by Crippen LogP contribution is -2.47. The molecular weight excluding hydrogens is 420 g/mol. The SMILES string of the molecule is COc1ccc(NC(=O)[C@@H](NC(=O)c2ccccc2Br)C(C)C)cc1Cl. The molecule has 0 unspecified atom stereocenters. The summed E-state index contributed by atoms with van der Waals surface area (Å²) in [5.74, 6) is -0.219. The maximum atomic E-state index is 12.7. The molecule has 0 fully saturated rings. The van der Waals surface area contributed by atoms with Crippen molar-refractivity contribution in [3.05, 3.63) is 57.5 Å². The number of rotatable bonds is 6. The van der Waals surface area contributed by atoms with Crippen molar-refractivity contribution in [2.24, 2.45) is 5.92 Å². The molecule has 0 radical (unpaired) electrons. The third-order valence-electron chi connectivity index (χ3n) is 3.77. The van der Waals surface area contributed by atoms with E-state index in [0.29, 0.717) is 26.5 Å². The molecule has 5 nitrogen and oxygen atoms in total. The highest BCUT2D eigenvalue weighted by molar-refractivity contribution is 9.10. The number of ether oxygens (including phenoxy) is 1. The number of methoxy groups -OCH3 is 1. The number of anilines is 1. The van der Waals surface area contributed by atoms with Gasteiger partial charge in [0.05, 0.1) is 17.7 Å². The number of nitrogens with one attached hydrogen (secondary N) is 2. The van der Waals surface area contributed by atoms with Gasteiger partial charge in [0.1, 0.15) is 11.8 Å². The smallest absolute Gasteiger partial charge is 0.253 e. The first-order valence-electron chi connectivity index (χ1n) is 8.03. The van der Waals surface area contributed by atoms with Gasteiger partial charge in [0.2, 0.25) is 5.91 Å². The quantitative estimate of drug-likeness (QED) is 0.696. The highest BCUT2D eigenvalue weighted by Crippen LogP contribution is 2.27. The van der Waals surface area contributed by atoms with Crippen LogP contribution in [0.2, 0.25) is 5.02 Å². The van der Waals surface area contributed by atoms with Crippen LogP contribution < -0.4 is 15.4 Å². The van der Waals surface area contributed by atoms with E-state index in [1.165, 1.54) is 7.11 Å².